The lowest BCUT2D eigenvalue weighted by atomic mass is 9.76. The van der Waals surface area contributed by atoms with E-state index in [9.17, 15) is 4.79 Å². The van der Waals surface area contributed by atoms with Crippen molar-refractivity contribution in [2.24, 2.45) is 11.8 Å². The third-order valence-electron chi connectivity index (χ3n) is 4.22. The highest BCUT2D eigenvalue weighted by Gasteiger charge is 2.29. The lowest BCUT2D eigenvalue weighted by Gasteiger charge is -2.27. The molecule has 0 aromatic carbocycles. The zero-order chi connectivity index (χ0) is 12.5. The van der Waals surface area contributed by atoms with Crippen molar-refractivity contribution in [2.45, 2.75) is 84.5 Å². The van der Waals surface area contributed by atoms with E-state index in [4.69, 9.17) is 0 Å². The Morgan fingerprint density at radius 1 is 0.882 bits per heavy atom. The van der Waals surface area contributed by atoms with Gasteiger partial charge in [-0.05, 0) is 25.7 Å². The van der Waals surface area contributed by atoms with E-state index >= 15 is 0 Å². The number of hydrogen-bond acceptors (Lipinski definition) is 1. The lowest BCUT2D eigenvalue weighted by Crippen LogP contribution is -2.28. The normalized spacial score (nSPS) is 25.2. The van der Waals surface area contributed by atoms with Crippen LogP contribution in [0.25, 0.3) is 0 Å². The first-order valence-electron chi connectivity index (χ1n) is 7.83. The van der Waals surface area contributed by atoms with Gasteiger partial charge in [0.2, 0.25) is 0 Å². The summed E-state index contributed by atoms with van der Waals surface area (Å²) >= 11 is 0. The SMILES string of the molecule is CCCCCC1CCCC(CCCCC)C1=O. The van der Waals surface area contributed by atoms with E-state index in [-0.39, 0.29) is 0 Å². The minimum Gasteiger partial charge on any atom is -0.299 e. The van der Waals surface area contributed by atoms with Crippen molar-refractivity contribution >= 4 is 5.78 Å². The summed E-state index contributed by atoms with van der Waals surface area (Å²) < 4.78 is 0. The average Bonchev–Trinajstić information content (AvgIpc) is 2.34. The van der Waals surface area contributed by atoms with Crippen LogP contribution >= 0.6 is 0 Å². The van der Waals surface area contributed by atoms with Crippen molar-refractivity contribution in [1.82, 2.24) is 0 Å². The first-order valence-corrected chi connectivity index (χ1v) is 7.83. The van der Waals surface area contributed by atoms with E-state index in [2.05, 4.69) is 13.8 Å². The zero-order valence-electron chi connectivity index (χ0n) is 11.8. The summed E-state index contributed by atoms with van der Waals surface area (Å²) in [6.07, 6.45) is 13.6. The molecule has 0 heterocycles. The number of carbonyl (C=O) groups excluding carboxylic acids is 1. The number of carbonyl (C=O) groups is 1. The van der Waals surface area contributed by atoms with Crippen LogP contribution in [0.1, 0.15) is 84.5 Å². The summed E-state index contributed by atoms with van der Waals surface area (Å²) in [7, 11) is 0. The maximum Gasteiger partial charge on any atom is 0.139 e. The van der Waals surface area contributed by atoms with Crippen LogP contribution in [0.3, 0.4) is 0 Å². The van der Waals surface area contributed by atoms with E-state index < -0.39 is 0 Å². The van der Waals surface area contributed by atoms with Crippen LogP contribution in [0.5, 0.6) is 0 Å². The van der Waals surface area contributed by atoms with Crippen molar-refractivity contribution in [3.05, 3.63) is 0 Å². The molecule has 1 rings (SSSR count). The van der Waals surface area contributed by atoms with Gasteiger partial charge in [-0.15, -0.1) is 0 Å². The van der Waals surface area contributed by atoms with Crippen LogP contribution in [-0.2, 0) is 4.79 Å². The highest BCUT2D eigenvalue weighted by atomic mass is 16.1. The summed E-state index contributed by atoms with van der Waals surface area (Å²) in [5, 5.41) is 0. The minimum atomic E-state index is 0.418. The van der Waals surface area contributed by atoms with Gasteiger partial charge >= 0.3 is 0 Å². The molecule has 0 radical (unpaired) electrons. The summed E-state index contributed by atoms with van der Waals surface area (Å²) in [6.45, 7) is 4.46. The number of rotatable bonds is 8. The molecule has 0 aromatic heterocycles. The highest BCUT2D eigenvalue weighted by molar-refractivity contribution is 5.84. The predicted octanol–water partition coefficient (Wildman–Crippen LogP) is 5.13. The average molecular weight is 238 g/mol. The van der Waals surface area contributed by atoms with Crippen molar-refractivity contribution in [3.63, 3.8) is 0 Å². The fraction of sp³-hybridized carbons (Fsp3) is 0.938. The predicted molar refractivity (Wildman–Crippen MR) is 74.1 cm³/mol. The molecule has 1 aliphatic rings. The molecule has 0 bridgehead atoms. The second kappa shape index (κ2) is 8.72. The van der Waals surface area contributed by atoms with Crippen LogP contribution in [0.2, 0.25) is 0 Å². The van der Waals surface area contributed by atoms with E-state index in [0.717, 1.165) is 12.8 Å². The molecule has 2 unspecified atom stereocenters. The van der Waals surface area contributed by atoms with Gasteiger partial charge in [-0.2, -0.15) is 0 Å². The molecule has 0 amide bonds. The standard InChI is InChI=1S/C16H30O/c1-3-5-7-10-14-12-9-13-15(16(14)17)11-8-6-4-2/h14-15H,3-13H2,1-2H3. The molecule has 1 nitrogen and oxygen atoms in total. The molecule has 1 saturated carbocycles. The van der Waals surface area contributed by atoms with Crippen LogP contribution in [-0.4, -0.2) is 5.78 Å². The molecule has 17 heavy (non-hydrogen) atoms. The molecule has 0 aromatic rings. The van der Waals surface area contributed by atoms with E-state index in [1.165, 1.54) is 57.8 Å². The van der Waals surface area contributed by atoms with Gasteiger partial charge in [-0.3, -0.25) is 4.79 Å². The quantitative estimate of drug-likeness (QED) is 0.536. The van der Waals surface area contributed by atoms with E-state index in [1.807, 2.05) is 0 Å². The Bertz CT molecular complexity index is 190. The number of hydrogen-bond donors (Lipinski definition) is 0. The Labute approximate surface area is 107 Å². The lowest BCUT2D eigenvalue weighted by molar-refractivity contribution is -0.129. The van der Waals surface area contributed by atoms with Gasteiger partial charge in [0.1, 0.15) is 5.78 Å². The van der Waals surface area contributed by atoms with Crippen LogP contribution in [0.4, 0.5) is 0 Å². The second-order valence-electron chi connectivity index (χ2n) is 5.72. The minimum absolute atomic E-state index is 0.418. The van der Waals surface area contributed by atoms with Gasteiger partial charge in [-0.25, -0.2) is 0 Å². The third kappa shape index (κ3) is 5.23. The third-order valence-corrected chi connectivity index (χ3v) is 4.22. The van der Waals surface area contributed by atoms with Gasteiger partial charge in [0.15, 0.2) is 0 Å². The molecule has 1 aliphatic carbocycles. The van der Waals surface area contributed by atoms with Gasteiger partial charge in [-0.1, -0.05) is 58.8 Å². The first-order chi connectivity index (χ1) is 8.29. The topological polar surface area (TPSA) is 17.1 Å². The first kappa shape index (κ1) is 14.7. The molecular weight excluding hydrogens is 208 g/mol. The Balaban J connectivity index is 2.28. The molecule has 0 spiro atoms. The molecule has 1 fully saturated rings. The molecule has 100 valence electrons. The van der Waals surface area contributed by atoms with Crippen molar-refractivity contribution < 1.29 is 4.79 Å². The Morgan fingerprint density at radius 2 is 1.35 bits per heavy atom. The van der Waals surface area contributed by atoms with Gasteiger partial charge in [0.25, 0.3) is 0 Å². The second-order valence-corrected chi connectivity index (χ2v) is 5.72. The summed E-state index contributed by atoms with van der Waals surface area (Å²) in [5.74, 6) is 1.45. The van der Waals surface area contributed by atoms with Gasteiger partial charge in [0.05, 0.1) is 0 Å². The fourth-order valence-corrected chi connectivity index (χ4v) is 3.08. The summed E-state index contributed by atoms with van der Waals surface area (Å²) in [6, 6.07) is 0. The van der Waals surface area contributed by atoms with Crippen molar-refractivity contribution in [1.29, 1.82) is 0 Å². The monoisotopic (exact) mass is 238 g/mol. The molecule has 0 saturated heterocycles. The smallest absolute Gasteiger partial charge is 0.139 e. The largest absolute Gasteiger partial charge is 0.299 e. The fourth-order valence-electron chi connectivity index (χ4n) is 3.08. The number of Topliss-reactive ketones (excluding diaryl/α,β-unsaturated/α-hetero) is 1. The highest BCUT2D eigenvalue weighted by Crippen LogP contribution is 2.32. The Kier molecular flexibility index (Phi) is 7.55. The van der Waals surface area contributed by atoms with Crippen LogP contribution in [0.15, 0.2) is 0 Å². The number of unbranched alkanes of at least 4 members (excludes halogenated alkanes) is 4. The Hall–Kier alpha value is -0.330. The van der Waals surface area contributed by atoms with E-state index in [1.54, 1.807) is 0 Å². The zero-order valence-corrected chi connectivity index (χ0v) is 11.8. The molecule has 0 aliphatic heterocycles. The van der Waals surface area contributed by atoms with Gasteiger partial charge < -0.3 is 0 Å². The van der Waals surface area contributed by atoms with Crippen molar-refractivity contribution in [3.8, 4) is 0 Å². The van der Waals surface area contributed by atoms with Crippen LogP contribution < -0.4 is 0 Å². The summed E-state index contributed by atoms with van der Waals surface area (Å²) in [4.78, 5) is 12.3. The Morgan fingerprint density at radius 3 is 1.76 bits per heavy atom. The van der Waals surface area contributed by atoms with Gasteiger partial charge in [0, 0.05) is 11.8 Å². The summed E-state index contributed by atoms with van der Waals surface area (Å²) in [5.41, 5.74) is 0. The van der Waals surface area contributed by atoms with E-state index in [0.29, 0.717) is 17.6 Å². The molecular formula is C16H30O. The maximum atomic E-state index is 12.3. The molecule has 1 heteroatoms. The maximum absolute atomic E-state index is 12.3. The molecule has 2 atom stereocenters. The molecule has 0 N–H and O–H groups in total. The number of ketones is 1. The van der Waals surface area contributed by atoms with Crippen molar-refractivity contribution in [2.75, 3.05) is 0 Å². The van der Waals surface area contributed by atoms with Crippen LogP contribution in [0, 0.1) is 11.8 Å².